The third kappa shape index (κ3) is 3.32. The Hall–Kier alpha value is -1.88. The number of aliphatic hydroxyl groups is 1. The smallest absolute Gasteiger partial charge is 0.229 e. The average molecular weight is 262 g/mol. The summed E-state index contributed by atoms with van der Waals surface area (Å²) in [5, 5.41) is 13.1. The van der Waals surface area contributed by atoms with Gasteiger partial charge in [0.05, 0.1) is 6.61 Å². The Morgan fingerprint density at radius 2 is 2.16 bits per heavy atom. The average Bonchev–Trinajstić information content (AvgIpc) is 2.86. The van der Waals surface area contributed by atoms with Gasteiger partial charge in [0.15, 0.2) is 6.61 Å². The number of hydrogen-bond donors (Lipinski definition) is 1. The molecule has 0 aliphatic rings. The Morgan fingerprint density at radius 1 is 1.37 bits per heavy atom. The van der Waals surface area contributed by atoms with E-state index >= 15 is 0 Å². The predicted molar refractivity (Wildman–Crippen MR) is 69.8 cm³/mol. The minimum absolute atomic E-state index is 0.0551. The summed E-state index contributed by atoms with van der Waals surface area (Å²) in [6, 6.07) is 5.67. The molecule has 1 aromatic heterocycles. The maximum absolute atomic E-state index is 9.29. The Kier molecular flexibility index (Phi) is 4.16. The first kappa shape index (κ1) is 13.5. The zero-order chi connectivity index (χ0) is 13.8. The Morgan fingerprint density at radius 3 is 2.79 bits per heavy atom. The number of rotatable bonds is 5. The summed E-state index contributed by atoms with van der Waals surface area (Å²) in [4.78, 5) is 4.23. The maximum Gasteiger partial charge on any atom is 0.229 e. The van der Waals surface area contributed by atoms with Gasteiger partial charge < -0.3 is 14.4 Å². The normalized spacial score (nSPS) is 11.0. The van der Waals surface area contributed by atoms with Crippen molar-refractivity contribution in [3.05, 3.63) is 41.0 Å². The van der Waals surface area contributed by atoms with Crippen molar-refractivity contribution in [2.45, 2.75) is 39.9 Å². The van der Waals surface area contributed by atoms with Crippen molar-refractivity contribution in [3.8, 4) is 5.75 Å². The Labute approximate surface area is 112 Å². The molecule has 0 spiro atoms. The van der Waals surface area contributed by atoms with E-state index in [1.54, 1.807) is 0 Å². The maximum atomic E-state index is 9.29. The van der Waals surface area contributed by atoms with E-state index in [1.165, 1.54) is 0 Å². The first-order valence-electron chi connectivity index (χ1n) is 6.26. The highest BCUT2D eigenvalue weighted by Gasteiger charge is 2.11. The minimum atomic E-state index is -0.0551. The van der Waals surface area contributed by atoms with Crippen LogP contribution >= 0.6 is 0 Å². The highest BCUT2D eigenvalue weighted by Crippen LogP contribution is 2.21. The summed E-state index contributed by atoms with van der Waals surface area (Å²) in [5.74, 6) is 1.95. The van der Waals surface area contributed by atoms with Gasteiger partial charge in [0.1, 0.15) is 5.75 Å². The number of ether oxygens (including phenoxy) is 1. The highest BCUT2D eigenvalue weighted by molar-refractivity contribution is 5.36. The first-order valence-corrected chi connectivity index (χ1v) is 6.26. The molecule has 0 saturated carbocycles. The van der Waals surface area contributed by atoms with Crippen LogP contribution in [0.3, 0.4) is 0 Å². The van der Waals surface area contributed by atoms with Crippen molar-refractivity contribution in [1.29, 1.82) is 0 Å². The van der Waals surface area contributed by atoms with Gasteiger partial charge >= 0.3 is 0 Å². The quantitative estimate of drug-likeness (QED) is 0.896. The predicted octanol–water partition coefficient (Wildman–Crippen LogP) is 2.57. The molecule has 0 aliphatic heterocycles. The van der Waals surface area contributed by atoms with Gasteiger partial charge in [-0.2, -0.15) is 4.98 Å². The molecule has 0 radical (unpaired) electrons. The van der Waals surface area contributed by atoms with Crippen LogP contribution in [0.2, 0.25) is 0 Å². The molecule has 5 nitrogen and oxygen atoms in total. The van der Waals surface area contributed by atoms with Crippen LogP contribution in [0.25, 0.3) is 0 Å². The van der Waals surface area contributed by atoms with Gasteiger partial charge in [-0.1, -0.05) is 36.7 Å². The lowest BCUT2D eigenvalue weighted by Crippen LogP contribution is -2.01. The zero-order valence-electron chi connectivity index (χ0n) is 11.4. The van der Waals surface area contributed by atoms with Crippen molar-refractivity contribution < 1.29 is 14.4 Å². The topological polar surface area (TPSA) is 68.4 Å². The largest absolute Gasteiger partial charge is 0.485 e. The molecule has 0 aliphatic carbocycles. The van der Waals surface area contributed by atoms with E-state index in [2.05, 4.69) is 10.1 Å². The first-order chi connectivity index (χ1) is 9.10. The van der Waals surface area contributed by atoms with Gasteiger partial charge in [-0.05, 0) is 13.0 Å². The molecule has 0 bridgehead atoms. The number of benzene rings is 1. The van der Waals surface area contributed by atoms with Crippen LogP contribution in [0.4, 0.5) is 0 Å². The van der Waals surface area contributed by atoms with Crippen LogP contribution in [0.5, 0.6) is 5.75 Å². The highest BCUT2D eigenvalue weighted by atomic mass is 16.5. The van der Waals surface area contributed by atoms with E-state index in [9.17, 15) is 5.11 Å². The molecule has 0 atom stereocenters. The summed E-state index contributed by atoms with van der Waals surface area (Å²) in [6.45, 7) is 6.12. The molecule has 0 unspecified atom stereocenters. The summed E-state index contributed by atoms with van der Waals surface area (Å²) in [6.07, 6.45) is 0. The van der Waals surface area contributed by atoms with E-state index < -0.39 is 0 Å². The minimum Gasteiger partial charge on any atom is -0.485 e. The molecule has 19 heavy (non-hydrogen) atoms. The lowest BCUT2D eigenvalue weighted by molar-refractivity contribution is 0.252. The zero-order valence-corrected chi connectivity index (χ0v) is 11.4. The number of aromatic nitrogens is 2. The Bertz CT molecular complexity index is 549. The lowest BCUT2D eigenvalue weighted by Gasteiger charge is -2.08. The molecule has 1 aromatic carbocycles. The second kappa shape index (κ2) is 5.84. The second-order valence-electron chi connectivity index (χ2n) is 4.76. The molecule has 2 rings (SSSR count). The summed E-state index contributed by atoms with van der Waals surface area (Å²) >= 11 is 0. The van der Waals surface area contributed by atoms with Gasteiger partial charge in [-0.25, -0.2) is 0 Å². The summed E-state index contributed by atoms with van der Waals surface area (Å²) in [7, 11) is 0. The number of nitrogens with zero attached hydrogens (tertiary/aromatic N) is 2. The monoisotopic (exact) mass is 262 g/mol. The molecule has 0 fully saturated rings. The van der Waals surface area contributed by atoms with Gasteiger partial charge in [0.2, 0.25) is 11.7 Å². The van der Waals surface area contributed by atoms with Crippen LogP contribution in [-0.4, -0.2) is 15.2 Å². The van der Waals surface area contributed by atoms with Crippen LogP contribution in [0.1, 0.15) is 42.6 Å². The van der Waals surface area contributed by atoms with Crippen molar-refractivity contribution >= 4 is 0 Å². The molecule has 102 valence electrons. The van der Waals surface area contributed by atoms with Crippen molar-refractivity contribution in [3.63, 3.8) is 0 Å². The fourth-order valence-corrected chi connectivity index (χ4v) is 1.68. The molecular formula is C14H18N2O3. The molecule has 5 heteroatoms. The van der Waals surface area contributed by atoms with Crippen LogP contribution in [-0.2, 0) is 13.2 Å². The van der Waals surface area contributed by atoms with Gasteiger partial charge in [0, 0.05) is 11.5 Å². The lowest BCUT2D eigenvalue weighted by atomic mass is 10.1. The standard InChI is InChI=1S/C14H18N2O3/c1-9(2)14-15-13(16-19-14)8-18-12-5-4-10(3)6-11(12)7-17/h4-6,9,17H,7-8H2,1-3H3. The van der Waals surface area contributed by atoms with Crippen molar-refractivity contribution in [1.82, 2.24) is 10.1 Å². The number of hydrogen-bond acceptors (Lipinski definition) is 5. The summed E-state index contributed by atoms with van der Waals surface area (Å²) < 4.78 is 10.7. The van der Waals surface area contributed by atoms with Crippen LogP contribution in [0, 0.1) is 6.92 Å². The van der Waals surface area contributed by atoms with Crippen molar-refractivity contribution in [2.75, 3.05) is 0 Å². The van der Waals surface area contributed by atoms with Gasteiger partial charge in [-0.3, -0.25) is 0 Å². The number of aryl methyl sites for hydroxylation is 1. The number of aliphatic hydroxyl groups excluding tert-OH is 1. The van der Waals surface area contributed by atoms with Crippen molar-refractivity contribution in [2.24, 2.45) is 0 Å². The van der Waals surface area contributed by atoms with E-state index in [-0.39, 0.29) is 19.1 Å². The van der Waals surface area contributed by atoms with E-state index in [0.29, 0.717) is 17.5 Å². The molecule has 2 aromatic rings. The summed E-state index contributed by atoms with van der Waals surface area (Å²) in [5.41, 5.74) is 1.84. The molecule has 0 saturated heterocycles. The molecular weight excluding hydrogens is 244 g/mol. The van der Waals surface area contributed by atoms with Gasteiger partial charge in [0.25, 0.3) is 0 Å². The van der Waals surface area contributed by atoms with Crippen LogP contribution in [0.15, 0.2) is 22.7 Å². The second-order valence-corrected chi connectivity index (χ2v) is 4.76. The van der Waals surface area contributed by atoms with E-state index in [1.807, 2.05) is 39.0 Å². The van der Waals surface area contributed by atoms with E-state index in [0.717, 1.165) is 11.1 Å². The van der Waals surface area contributed by atoms with Crippen LogP contribution < -0.4 is 4.74 Å². The third-order valence-electron chi connectivity index (χ3n) is 2.72. The molecule has 1 heterocycles. The molecule has 1 N–H and O–H groups in total. The Balaban J connectivity index is 2.05. The van der Waals surface area contributed by atoms with E-state index in [4.69, 9.17) is 9.26 Å². The third-order valence-corrected chi connectivity index (χ3v) is 2.72. The van der Waals surface area contributed by atoms with Gasteiger partial charge in [-0.15, -0.1) is 0 Å². The fraction of sp³-hybridized carbons (Fsp3) is 0.429. The fourth-order valence-electron chi connectivity index (χ4n) is 1.68. The molecule has 0 amide bonds. The SMILES string of the molecule is Cc1ccc(OCc2noc(C(C)C)n2)c(CO)c1.